The third kappa shape index (κ3) is 7.63. The standard InChI is InChI=1S/C7H17PS.Au/c1-4-8(5-2)6-7-9-3;/h4-7H2,1-3H3;. The Kier molecular flexibility index (Phi) is 14.8. The van der Waals surface area contributed by atoms with E-state index in [1.54, 1.807) is 0 Å². The van der Waals surface area contributed by atoms with E-state index in [0.29, 0.717) is 7.92 Å². The van der Waals surface area contributed by atoms with Gasteiger partial charge in [-0.05, 0) is 30.5 Å². The fraction of sp³-hybridized carbons (Fsp3) is 1.00. The zero-order valence-corrected chi connectivity index (χ0v) is 10.9. The normalized spacial score (nSPS) is 9.60. The molecule has 0 fully saturated rings. The van der Waals surface area contributed by atoms with Crippen LogP contribution in [0.1, 0.15) is 13.8 Å². The first-order chi connectivity index (χ1) is 4.35. The summed E-state index contributed by atoms with van der Waals surface area (Å²) in [5.74, 6) is 1.37. The molecule has 0 unspecified atom stereocenters. The smallest absolute Gasteiger partial charge is 0 e. The van der Waals surface area contributed by atoms with E-state index in [1.165, 1.54) is 24.2 Å². The molecule has 0 aromatic heterocycles. The van der Waals surface area contributed by atoms with Gasteiger partial charge in [-0.15, -0.1) is 7.92 Å². The molecule has 0 nitrogen and oxygen atoms in total. The van der Waals surface area contributed by atoms with E-state index in [2.05, 4.69) is 20.1 Å². The minimum Gasteiger partial charge on any atom is -0.165 e. The average Bonchev–Trinajstić information content (AvgIpc) is 1.91. The van der Waals surface area contributed by atoms with Crippen molar-refractivity contribution in [2.75, 3.05) is 30.5 Å². The fourth-order valence-corrected chi connectivity index (χ4v) is 3.60. The van der Waals surface area contributed by atoms with Crippen LogP contribution < -0.4 is 0 Å². The van der Waals surface area contributed by atoms with Crippen LogP contribution in [0.4, 0.5) is 0 Å². The predicted octanol–water partition coefficient (Wildman–Crippen LogP) is 2.87. The van der Waals surface area contributed by atoms with Crippen LogP contribution in [-0.4, -0.2) is 30.5 Å². The van der Waals surface area contributed by atoms with E-state index in [0.717, 1.165) is 0 Å². The van der Waals surface area contributed by atoms with E-state index >= 15 is 0 Å². The van der Waals surface area contributed by atoms with Crippen LogP contribution in [-0.2, 0) is 22.4 Å². The van der Waals surface area contributed by atoms with Crippen LogP contribution in [0, 0.1) is 0 Å². The van der Waals surface area contributed by atoms with Gasteiger partial charge in [-0.2, -0.15) is 11.8 Å². The fourth-order valence-electron chi connectivity index (χ4n) is 0.760. The van der Waals surface area contributed by atoms with Crippen molar-refractivity contribution in [2.24, 2.45) is 0 Å². The van der Waals surface area contributed by atoms with E-state index in [9.17, 15) is 0 Å². The second-order valence-corrected chi connectivity index (χ2v) is 6.06. The van der Waals surface area contributed by atoms with Gasteiger partial charge in [0.2, 0.25) is 0 Å². The van der Waals surface area contributed by atoms with Gasteiger partial charge >= 0.3 is 0 Å². The summed E-state index contributed by atoms with van der Waals surface area (Å²) in [6.07, 6.45) is 6.52. The first-order valence-corrected chi connectivity index (χ1v) is 6.85. The summed E-state index contributed by atoms with van der Waals surface area (Å²) in [6.45, 7) is 4.63. The molecule has 67 valence electrons. The Morgan fingerprint density at radius 1 is 1.20 bits per heavy atom. The maximum Gasteiger partial charge on any atom is 0 e. The molecule has 0 heterocycles. The topological polar surface area (TPSA) is 0 Å². The molecule has 3 heteroatoms. The Bertz CT molecular complexity index is 57.6. The molecule has 0 aliphatic heterocycles. The van der Waals surface area contributed by atoms with Gasteiger partial charge in [-0.3, -0.25) is 0 Å². The van der Waals surface area contributed by atoms with Gasteiger partial charge in [-0.1, -0.05) is 13.8 Å². The van der Waals surface area contributed by atoms with Crippen LogP contribution in [0.25, 0.3) is 0 Å². The summed E-state index contributed by atoms with van der Waals surface area (Å²) < 4.78 is 0. The minimum atomic E-state index is 0. The monoisotopic (exact) mass is 361 g/mol. The van der Waals surface area contributed by atoms with Gasteiger partial charge in [0, 0.05) is 22.4 Å². The number of hydrogen-bond donors (Lipinski definition) is 0. The van der Waals surface area contributed by atoms with Gasteiger partial charge in [-0.25, -0.2) is 0 Å². The van der Waals surface area contributed by atoms with Gasteiger partial charge in [0.1, 0.15) is 0 Å². The summed E-state index contributed by atoms with van der Waals surface area (Å²) in [5.41, 5.74) is 0. The minimum absolute atomic E-state index is 0. The molecule has 0 aromatic carbocycles. The molecule has 0 rings (SSSR count). The third-order valence-corrected chi connectivity index (χ3v) is 5.07. The number of thioether (sulfide) groups is 1. The Hall–Kier alpha value is 1.52. The molecule has 0 aliphatic rings. The SMILES string of the molecule is CCP(CC)CCSC.[Au]. The van der Waals surface area contributed by atoms with Crippen LogP contribution in [0.2, 0.25) is 0 Å². The van der Waals surface area contributed by atoms with Gasteiger partial charge in [0.25, 0.3) is 0 Å². The molecular formula is C7H17AuPS. The summed E-state index contributed by atoms with van der Waals surface area (Å²) in [7, 11) is 0.417. The van der Waals surface area contributed by atoms with Crippen LogP contribution >= 0.6 is 19.7 Å². The van der Waals surface area contributed by atoms with E-state index in [-0.39, 0.29) is 22.4 Å². The summed E-state index contributed by atoms with van der Waals surface area (Å²) in [6, 6.07) is 0. The summed E-state index contributed by atoms with van der Waals surface area (Å²) >= 11 is 1.98. The van der Waals surface area contributed by atoms with Crippen molar-refractivity contribution in [3.8, 4) is 0 Å². The summed E-state index contributed by atoms with van der Waals surface area (Å²) in [5, 5.41) is 0. The van der Waals surface area contributed by atoms with Crippen molar-refractivity contribution in [1.82, 2.24) is 0 Å². The van der Waals surface area contributed by atoms with Crippen molar-refractivity contribution in [3.05, 3.63) is 0 Å². The molecular weight excluding hydrogens is 344 g/mol. The van der Waals surface area contributed by atoms with Crippen molar-refractivity contribution >= 4 is 19.7 Å². The van der Waals surface area contributed by atoms with Crippen molar-refractivity contribution in [3.63, 3.8) is 0 Å². The van der Waals surface area contributed by atoms with E-state index in [4.69, 9.17) is 0 Å². The molecule has 0 amide bonds. The molecule has 0 bridgehead atoms. The molecule has 0 aromatic rings. The first-order valence-electron chi connectivity index (χ1n) is 3.56. The maximum atomic E-state index is 2.32. The molecule has 1 radical (unpaired) electrons. The molecule has 0 aliphatic carbocycles. The zero-order valence-electron chi connectivity index (χ0n) is 6.99. The molecule has 0 saturated heterocycles. The Balaban J connectivity index is 0. The average molecular weight is 361 g/mol. The Morgan fingerprint density at radius 3 is 2.00 bits per heavy atom. The Labute approximate surface area is 86.2 Å². The molecule has 10 heavy (non-hydrogen) atoms. The molecule has 0 spiro atoms. The second kappa shape index (κ2) is 10.5. The molecule has 0 N–H and O–H groups in total. The van der Waals surface area contributed by atoms with Crippen molar-refractivity contribution < 1.29 is 22.4 Å². The number of rotatable bonds is 5. The third-order valence-electron chi connectivity index (χ3n) is 1.51. The van der Waals surface area contributed by atoms with Gasteiger partial charge in [0.05, 0.1) is 0 Å². The first kappa shape index (κ1) is 14.1. The Morgan fingerprint density at radius 2 is 1.70 bits per heavy atom. The van der Waals surface area contributed by atoms with Crippen LogP contribution in [0.15, 0.2) is 0 Å². The van der Waals surface area contributed by atoms with Crippen molar-refractivity contribution in [1.29, 1.82) is 0 Å². The zero-order chi connectivity index (χ0) is 7.11. The van der Waals surface area contributed by atoms with Gasteiger partial charge < -0.3 is 0 Å². The van der Waals surface area contributed by atoms with E-state index < -0.39 is 0 Å². The largest absolute Gasteiger partial charge is 0.165 e. The van der Waals surface area contributed by atoms with Crippen molar-refractivity contribution in [2.45, 2.75) is 13.8 Å². The summed E-state index contributed by atoms with van der Waals surface area (Å²) in [4.78, 5) is 0. The van der Waals surface area contributed by atoms with Gasteiger partial charge in [0.15, 0.2) is 0 Å². The molecule has 0 saturated carbocycles. The molecule has 0 atom stereocenters. The second-order valence-electron chi connectivity index (χ2n) is 2.02. The predicted molar refractivity (Wildman–Crippen MR) is 51.3 cm³/mol. The van der Waals surface area contributed by atoms with Crippen LogP contribution in [0.5, 0.6) is 0 Å². The number of hydrogen-bond acceptors (Lipinski definition) is 1. The van der Waals surface area contributed by atoms with E-state index in [1.807, 2.05) is 11.8 Å². The van der Waals surface area contributed by atoms with Crippen LogP contribution in [0.3, 0.4) is 0 Å². The quantitative estimate of drug-likeness (QED) is 0.536. The maximum absolute atomic E-state index is 2.32.